The fourth-order valence-corrected chi connectivity index (χ4v) is 3.44. The molecule has 0 bridgehead atoms. The lowest BCUT2D eigenvalue weighted by Crippen LogP contribution is -2.27. The molecule has 0 aliphatic rings. The van der Waals surface area contributed by atoms with Crippen LogP contribution in [0.4, 0.5) is 11.4 Å². The van der Waals surface area contributed by atoms with E-state index < -0.39 is 15.9 Å². The summed E-state index contributed by atoms with van der Waals surface area (Å²) in [6.07, 6.45) is 1.42. The van der Waals surface area contributed by atoms with Gasteiger partial charge in [0.25, 0.3) is 5.91 Å². The molecule has 2 aromatic carbocycles. The lowest BCUT2D eigenvalue weighted by atomic mass is 10.1. The van der Waals surface area contributed by atoms with Crippen LogP contribution in [0.5, 0.6) is 0 Å². The third kappa shape index (κ3) is 6.40. The van der Waals surface area contributed by atoms with Crippen LogP contribution in [0.25, 0.3) is 0 Å². The van der Waals surface area contributed by atoms with Crippen LogP contribution in [-0.4, -0.2) is 33.0 Å². The number of sulfonamides is 1. The predicted molar refractivity (Wildman–Crippen MR) is 112 cm³/mol. The van der Waals surface area contributed by atoms with E-state index in [1.54, 1.807) is 18.2 Å². The van der Waals surface area contributed by atoms with Crippen LogP contribution in [0.2, 0.25) is 10.0 Å². The van der Waals surface area contributed by atoms with Crippen LogP contribution in [0.3, 0.4) is 0 Å². The van der Waals surface area contributed by atoms with Gasteiger partial charge in [-0.3, -0.25) is 14.3 Å². The van der Waals surface area contributed by atoms with E-state index in [4.69, 9.17) is 23.2 Å². The Balaban J connectivity index is 2.18. The average Bonchev–Trinajstić information content (AvgIpc) is 2.58. The van der Waals surface area contributed by atoms with Gasteiger partial charge >= 0.3 is 0 Å². The average molecular weight is 444 g/mol. The Hall–Kier alpha value is -2.29. The quantitative estimate of drug-likeness (QED) is 0.610. The van der Waals surface area contributed by atoms with E-state index in [1.807, 2.05) is 0 Å². The summed E-state index contributed by atoms with van der Waals surface area (Å²) in [5.74, 6) is -0.817. The molecule has 0 aromatic heterocycles. The summed E-state index contributed by atoms with van der Waals surface area (Å²) in [6.45, 7) is 1.58. The second-order valence-electron chi connectivity index (χ2n) is 6.03. The van der Waals surface area contributed by atoms with Gasteiger partial charge < -0.3 is 10.6 Å². The van der Waals surface area contributed by atoms with Crippen molar-refractivity contribution >= 4 is 56.4 Å². The van der Waals surface area contributed by atoms with E-state index in [2.05, 4.69) is 15.4 Å². The van der Waals surface area contributed by atoms with Crippen molar-refractivity contribution in [1.29, 1.82) is 0 Å². The number of nitrogens with one attached hydrogen (secondary N) is 3. The first-order valence-electron chi connectivity index (χ1n) is 8.17. The van der Waals surface area contributed by atoms with Crippen molar-refractivity contribution in [2.75, 3.05) is 22.8 Å². The smallest absolute Gasteiger partial charge is 0.253 e. The third-order valence-electron chi connectivity index (χ3n) is 3.59. The lowest BCUT2D eigenvalue weighted by Gasteiger charge is -2.13. The zero-order valence-electron chi connectivity index (χ0n) is 15.2. The highest BCUT2D eigenvalue weighted by Crippen LogP contribution is 2.26. The Kier molecular flexibility index (Phi) is 7.29. The van der Waals surface area contributed by atoms with E-state index in [1.165, 1.54) is 25.1 Å². The molecule has 0 spiro atoms. The molecular weight excluding hydrogens is 425 g/mol. The van der Waals surface area contributed by atoms with Gasteiger partial charge in [0.15, 0.2) is 0 Å². The molecule has 150 valence electrons. The molecule has 0 radical (unpaired) electrons. The van der Waals surface area contributed by atoms with Crippen LogP contribution >= 0.6 is 23.2 Å². The number of anilines is 2. The molecule has 0 fully saturated rings. The number of carbonyl (C=O) groups is 2. The van der Waals surface area contributed by atoms with Crippen molar-refractivity contribution in [2.24, 2.45) is 0 Å². The summed E-state index contributed by atoms with van der Waals surface area (Å²) < 4.78 is 25.4. The number of amides is 2. The highest BCUT2D eigenvalue weighted by Gasteiger charge is 2.16. The molecule has 0 atom stereocenters. The minimum absolute atomic E-state index is 0.0777. The first-order valence-corrected chi connectivity index (χ1v) is 10.8. The van der Waals surface area contributed by atoms with Gasteiger partial charge in [-0.25, -0.2) is 8.42 Å². The number of benzene rings is 2. The van der Waals surface area contributed by atoms with E-state index in [-0.39, 0.29) is 23.7 Å². The van der Waals surface area contributed by atoms with Crippen molar-refractivity contribution < 1.29 is 18.0 Å². The van der Waals surface area contributed by atoms with E-state index in [0.29, 0.717) is 22.2 Å². The van der Waals surface area contributed by atoms with Crippen LogP contribution in [0.15, 0.2) is 36.4 Å². The summed E-state index contributed by atoms with van der Waals surface area (Å²) in [6, 6.07) is 9.54. The number of hydrogen-bond acceptors (Lipinski definition) is 4. The lowest BCUT2D eigenvalue weighted by molar-refractivity contribution is -0.114. The minimum atomic E-state index is -3.59. The number of hydrogen-bond donors (Lipinski definition) is 3. The van der Waals surface area contributed by atoms with Crippen LogP contribution in [-0.2, 0) is 21.2 Å². The molecule has 28 heavy (non-hydrogen) atoms. The molecule has 3 N–H and O–H groups in total. The Morgan fingerprint density at radius 1 is 1.11 bits per heavy atom. The van der Waals surface area contributed by atoms with Gasteiger partial charge in [0.05, 0.1) is 27.6 Å². The Bertz CT molecular complexity index is 1010. The van der Waals surface area contributed by atoms with Crippen molar-refractivity contribution in [1.82, 2.24) is 5.32 Å². The molecular formula is C18H19Cl2N3O4S. The van der Waals surface area contributed by atoms with Gasteiger partial charge in [0, 0.05) is 19.2 Å². The van der Waals surface area contributed by atoms with E-state index in [0.717, 1.165) is 11.8 Å². The maximum atomic E-state index is 12.6. The maximum Gasteiger partial charge on any atom is 0.253 e. The van der Waals surface area contributed by atoms with Crippen molar-refractivity contribution in [2.45, 2.75) is 13.3 Å². The van der Waals surface area contributed by atoms with Gasteiger partial charge in [-0.15, -0.1) is 0 Å². The monoisotopic (exact) mass is 443 g/mol. The van der Waals surface area contributed by atoms with E-state index >= 15 is 0 Å². The molecule has 0 saturated carbocycles. The fraction of sp³-hybridized carbons (Fsp3) is 0.222. The normalized spacial score (nSPS) is 11.0. The Morgan fingerprint density at radius 2 is 1.82 bits per heavy atom. The second-order valence-corrected chi connectivity index (χ2v) is 8.57. The highest BCUT2D eigenvalue weighted by molar-refractivity contribution is 7.92. The van der Waals surface area contributed by atoms with Gasteiger partial charge in [0.2, 0.25) is 15.9 Å². The molecule has 2 rings (SSSR count). The molecule has 0 saturated heterocycles. The molecule has 0 heterocycles. The fourth-order valence-electron chi connectivity index (χ4n) is 2.45. The van der Waals surface area contributed by atoms with Crippen molar-refractivity contribution in [3.05, 3.63) is 57.6 Å². The zero-order valence-corrected chi connectivity index (χ0v) is 17.5. The molecule has 7 nitrogen and oxygen atoms in total. The van der Waals surface area contributed by atoms with Crippen LogP contribution in [0.1, 0.15) is 22.8 Å². The molecule has 10 heteroatoms. The third-order valence-corrected chi connectivity index (χ3v) is 5.04. The second kappa shape index (κ2) is 9.27. The topological polar surface area (TPSA) is 104 Å². The largest absolute Gasteiger partial charge is 0.352 e. The van der Waals surface area contributed by atoms with E-state index in [9.17, 15) is 18.0 Å². The predicted octanol–water partition coefficient (Wildman–Crippen LogP) is 3.30. The SMILES string of the molecule is CC(=O)Nc1ccc(NS(C)(=O)=O)c(C(=O)NCCc2cccc(Cl)c2Cl)c1. The van der Waals surface area contributed by atoms with Crippen LogP contribution < -0.4 is 15.4 Å². The summed E-state index contributed by atoms with van der Waals surface area (Å²) in [7, 11) is -3.59. The first-order chi connectivity index (χ1) is 13.1. The van der Waals surface area contributed by atoms with Crippen molar-refractivity contribution in [3.63, 3.8) is 0 Å². The first kappa shape index (κ1) is 22.0. The van der Waals surface area contributed by atoms with Gasteiger partial charge in [-0.2, -0.15) is 0 Å². The Labute approximate surface area is 173 Å². The number of carbonyl (C=O) groups excluding carboxylic acids is 2. The Morgan fingerprint density at radius 3 is 2.46 bits per heavy atom. The number of halogens is 2. The van der Waals surface area contributed by atoms with Crippen LogP contribution in [0, 0.1) is 0 Å². The molecule has 0 unspecified atom stereocenters. The van der Waals surface area contributed by atoms with Gasteiger partial charge in [-0.05, 0) is 36.2 Å². The summed E-state index contributed by atoms with van der Waals surface area (Å²) in [5, 5.41) is 6.12. The zero-order chi connectivity index (χ0) is 20.9. The highest BCUT2D eigenvalue weighted by atomic mass is 35.5. The molecule has 2 amide bonds. The maximum absolute atomic E-state index is 12.6. The molecule has 2 aromatic rings. The summed E-state index contributed by atoms with van der Waals surface area (Å²) in [4.78, 5) is 23.9. The minimum Gasteiger partial charge on any atom is -0.352 e. The van der Waals surface area contributed by atoms with Gasteiger partial charge in [-0.1, -0.05) is 35.3 Å². The van der Waals surface area contributed by atoms with Gasteiger partial charge in [0.1, 0.15) is 0 Å². The molecule has 0 aliphatic carbocycles. The number of rotatable bonds is 7. The summed E-state index contributed by atoms with van der Waals surface area (Å²) in [5.41, 5.74) is 1.33. The summed E-state index contributed by atoms with van der Waals surface area (Å²) >= 11 is 12.1. The van der Waals surface area contributed by atoms with Crippen molar-refractivity contribution in [3.8, 4) is 0 Å². The molecule has 0 aliphatic heterocycles. The standard InChI is InChI=1S/C18H19Cl2N3O4S/c1-11(24)22-13-6-7-16(23-28(2,26)27)14(10-13)18(25)21-9-8-12-4-3-5-15(19)17(12)20/h3-7,10,23H,8-9H2,1-2H3,(H,21,25)(H,22,24).